The third kappa shape index (κ3) is 11.0. The molecule has 8 rings (SSSR count). The number of ether oxygens (including phenoxy) is 5. The number of fused-ring (bicyclic) bond motifs is 2. The van der Waals surface area contributed by atoms with E-state index in [0.717, 1.165) is 27.2 Å². The number of nitrogens with zero attached hydrogens (tertiary/aromatic N) is 7. The van der Waals surface area contributed by atoms with Crippen LogP contribution < -0.4 is 47.9 Å². The van der Waals surface area contributed by atoms with E-state index in [1.54, 1.807) is 31.3 Å². The van der Waals surface area contributed by atoms with Crippen molar-refractivity contribution in [1.82, 2.24) is 33.6 Å². The summed E-state index contributed by atoms with van der Waals surface area (Å²) in [5.74, 6) is -3.06. The Morgan fingerprint density at radius 1 is 0.763 bits per heavy atom. The number of hydrogen-bond acceptors (Lipinski definition) is 16. The van der Waals surface area contributed by atoms with Crippen LogP contribution in [0.4, 0.5) is 23.2 Å². The number of pyridine rings is 2. The van der Waals surface area contributed by atoms with Gasteiger partial charge in [0.2, 0.25) is 0 Å². The zero-order chi connectivity index (χ0) is 55.3. The van der Waals surface area contributed by atoms with Gasteiger partial charge in [-0.3, -0.25) is 38.3 Å². The van der Waals surface area contributed by atoms with Crippen LogP contribution in [0.15, 0.2) is 105 Å². The quantitative estimate of drug-likeness (QED) is 0.124. The standard InChI is InChI=1S/C32H31F4N5O7.C19H20N4O5/c1-17-11-19(40-9-10-48-16-26(40)32(34,35)36)14-21(33)27(17)28(42)38-22(30(44)47-4)12-18-5-6-23(25(13-18)46-3)41-29(43)20-7-8-37-15-24(20)39(2)31(41)45;1-22-15-10-21-7-6-12(15)17(24)23(19(22)26)14-5-4-11(9-16(14)27-2)8-13(20)18(25)28-3/h5-8,11,13-15,22,26H,9-10,12,16H2,1-4H3,(H,38,42);4-7,9-10,13H,8,20H2,1-3H3/t22-,26+;13-/m00/s1. The first-order chi connectivity index (χ1) is 36.1. The Hall–Kier alpha value is -8.71. The molecule has 0 radical (unpaired) electrons. The van der Waals surface area contributed by atoms with Crippen molar-refractivity contribution in [3.05, 3.63) is 155 Å². The molecular formula is C51H51F4N9O12. The Kier molecular flexibility index (Phi) is 16.5. The number of nitrogens with two attached hydrogens (primary N) is 1. The van der Waals surface area contributed by atoms with Gasteiger partial charge in [-0.1, -0.05) is 12.1 Å². The number of carbonyl (C=O) groups is 3. The number of nitrogens with one attached hydrogen (secondary N) is 1. The molecule has 400 valence electrons. The van der Waals surface area contributed by atoms with Crippen LogP contribution in [0.1, 0.15) is 27.0 Å². The Balaban J connectivity index is 0.000000254. The number of rotatable bonds is 13. The zero-order valence-corrected chi connectivity index (χ0v) is 42.0. The second kappa shape index (κ2) is 22.8. The molecule has 21 nitrogen and oxygen atoms in total. The van der Waals surface area contributed by atoms with Gasteiger partial charge in [-0.2, -0.15) is 13.2 Å². The average molecular weight is 1060 g/mol. The first-order valence-electron chi connectivity index (χ1n) is 23.0. The van der Waals surface area contributed by atoms with Crippen LogP contribution in [-0.2, 0) is 50.7 Å². The largest absolute Gasteiger partial charge is 0.495 e. The maximum atomic E-state index is 15.4. The molecular weight excluding hydrogens is 1010 g/mol. The molecule has 1 saturated heterocycles. The van der Waals surface area contributed by atoms with E-state index in [0.29, 0.717) is 39.0 Å². The molecule has 76 heavy (non-hydrogen) atoms. The Morgan fingerprint density at radius 3 is 1.75 bits per heavy atom. The SMILES string of the molecule is COC(=O)[C@@H](N)Cc1ccc(-n2c(=O)c3ccncc3n(C)c2=O)c(OC)c1.COC(=O)[C@H](Cc1ccc(-n2c(=O)c3ccncc3n(C)c2=O)c(OC)c1)NC(=O)c1c(C)cc(N2CCOC[C@@H]2C(F)(F)F)cc1F. The van der Waals surface area contributed by atoms with Crippen LogP contribution in [0.25, 0.3) is 33.2 Å². The minimum absolute atomic E-state index is 0.00935. The van der Waals surface area contributed by atoms with E-state index in [9.17, 15) is 46.7 Å². The van der Waals surface area contributed by atoms with Crippen molar-refractivity contribution in [2.24, 2.45) is 19.8 Å². The van der Waals surface area contributed by atoms with Crippen LogP contribution in [0.5, 0.6) is 11.5 Å². The van der Waals surface area contributed by atoms with Gasteiger partial charge in [0.25, 0.3) is 17.0 Å². The molecule has 1 fully saturated rings. The van der Waals surface area contributed by atoms with E-state index < -0.39 is 82.6 Å². The number of halogens is 4. The molecule has 4 aromatic heterocycles. The van der Waals surface area contributed by atoms with Crippen LogP contribution >= 0.6 is 0 Å². The fourth-order valence-corrected chi connectivity index (χ4v) is 8.74. The van der Waals surface area contributed by atoms with Crippen molar-refractivity contribution >= 4 is 45.3 Å². The number of anilines is 1. The van der Waals surface area contributed by atoms with Crippen LogP contribution in [0.2, 0.25) is 0 Å². The number of esters is 2. The number of alkyl halides is 3. The van der Waals surface area contributed by atoms with Gasteiger partial charge in [-0.05, 0) is 78.6 Å². The number of morpholine rings is 1. The summed E-state index contributed by atoms with van der Waals surface area (Å²) in [5.41, 5.74) is 5.37. The molecule has 25 heteroatoms. The van der Waals surface area contributed by atoms with Crippen LogP contribution in [-0.4, -0.2) is 119 Å². The number of aromatic nitrogens is 6. The minimum atomic E-state index is -4.63. The second-order valence-electron chi connectivity index (χ2n) is 17.3. The molecule has 3 N–H and O–H groups in total. The molecule has 0 unspecified atom stereocenters. The molecule has 1 amide bonds. The summed E-state index contributed by atoms with van der Waals surface area (Å²) in [5, 5.41) is 3.05. The van der Waals surface area contributed by atoms with Crippen molar-refractivity contribution in [2.75, 3.05) is 53.1 Å². The highest BCUT2D eigenvalue weighted by molar-refractivity contribution is 5.98. The van der Waals surface area contributed by atoms with Gasteiger partial charge in [0.05, 0.1) is 92.8 Å². The predicted molar refractivity (Wildman–Crippen MR) is 268 cm³/mol. The van der Waals surface area contributed by atoms with Gasteiger partial charge in [0, 0.05) is 45.1 Å². The van der Waals surface area contributed by atoms with Crippen LogP contribution in [0.3, 0.4) is 0 Å². The van der Waals surface area contributed by atoms with E-state index in [-0.39, 0.29) is 54.1 Å². The van der Waals surface area contributed by atoms with Crippen molar-refractivity contribution < 1.29 is 55.6 Å². The highest BCUT2D eigenvalue weighted by Crippen LogP contribution is 2.33. The summed E-state index contributed by atoms with van der Waals surface area (Å²) in [7, 11) is 8.19. The molecule has 7 aromatic rings. The number of methoxy groups -OCH3 is 4. The first-order valence-corrected chi connectivity index (χ1v) is 23.0. The van der Waals surface area contributed by atoms with Crippen molar-refractivity contribution in [3.8, 4) is 22.9 Å². The van der Waals surface area contributed by atoms with Crippen molar-refractivity contribution in [3.63, 3.8) is 0 Å². The van der Waals surface area contributed by atoms with E-state index in [2.05, 4.69) is 20.0 Å². The van der Waals surface area contributed by atoms with E-state index >= 15 is 4.39 Å². The smallest absolute Gasteiger partial charge is 0.411 e. The van der Waals surface area contributed by atoms with E-state index in [1.165, 1.54) is 99.6 Å². The lowest BCUT2D eigenvalue weighted by molar-refractivity contribution is -0.167. The van der Waals surface area contributed by atoms with Crippen LogP contribution in [0, 0.1) is 12.7 Å². The molecule has 5 heterocycles. The first kappa shape index (κ1) is 55.0. The zero-order valence-electron chi connectivity index (χ0n) is 42.0. The number of carbonyl (C=O) groups excluding carboxylic acids is 3. The minimum Gasteiger partial charge on any atom is -0.495 e. The normalized spacial score (nSPS) is 14.3. The van der Waals surface area contributed by atoms with Gasteiger partial charge in [-0.15, -0.1) is 0 Å². The lowest BCUT2D eigenvalue weighted by Gasteiger charge is -2.38. The monoisotopic (exact) mass is 1060 g/mol. The Morgan fingerprint density at radius 2 is 1.28 bits per heavy atom. The summed E-state index contributed by atoms with van der Waals surface area (Å²) in [4.78, 5) is 98.8. The van der Waals surface area contributed by atoms with Crippen molar-refractivity contribution in [1.29, 1.82) is 0 Å². The van der Waals surface area contributed by atoms with Gasteiger partial charge in [-0.25, -0.2) is 27.9 Å². The summed E-state index contributed by atoms with van der Waals surface area (Å²) in [6.07, 6.45) is 1.21. The van der Waals surface area contributed by atoms with Crippen molar-refractivity contribution in [2.45, 2.75) is 44.1 Å². The summed E-state index contributed by atoms with van der Waals surface area (Å²) in [6.45, 7) is 0.626. The maximum absolute atomic E-state index is 15.4. The Labute approximate surface area is 428 Å². The highest BCUT2D eigenvalue weighted by atomic mass is 19.4. The molecule has 0 spiro atoms. The summed E-state index contributed by atoms with van der Waals surface area (Å²) < 4.78 is 86.2. The molecule has 0 aliphatic carbocycles. The summed E-state index contributed by atoms with van der Waals surface area (Å²) >= 11 is 0. The Bertz CT molecular complexity index is 3610. The van der Waals surface area contributed by atoms with Gasteiger partial charge < -0.3 is 39.6 Å². The molecule has 3 atom stereocenters. The number of amides is 1. The summed E-state index contributed by atoms with van der Waals surface area (Å²) in [6, 6.07) is 10.4. The molecule has 0 bridgehead atoms. The van der Waals surface area contributed by atoms with E-state index in [4.69, 9.17) is 24.7 Å². The second-order valence-corrected chi connectivity index (χ2v) is 17.3. The third-order valence-electron chi connectivity index (χ3n) is 12.6. The lowest BCUT2D eigenvalue weighted by Crippen LogP contribution is -2.53. The fraction of sp³-hybridized carbons (Fsp3) is 0.314. The van der Waals surface area contributed by atoms with Gasteiger partial charge >= 0.3 is 29.5 Å². The molecule has 1 aliphatic rings. The number of aryl methyl sites for hydroxylation is 3. The maximum Gasteiger partial charge on any atom is 0.411 e. The molecule has 0 saturated carbocycles. The molecule has 1 aliphatic heterocycles. The highest BCUT2D eigenvalue weighted by Gasteiger charge is 2.46. The van der Waals surface area contributed by atoms with Gasteiger partial charge in [0.1, 0.15) is 35.4 Å². The molecule has 3 aromatic carbocycles. The van der Waals surface area contributed by atoms with Gasteiger partial charge in [0.15, 0.2) is 0 Å². The lowest BCUT2D eigenvalue weighted by atomic mass is 10.0. The van der Waals surface area contributed by atoms with E-state index in [1.807, 2.05) is 0 Å². The predicted octanol–water partition coefficient (Wildman–Crippen LogP) is 2.96. The number of hydrogen-bond donors (Lipinski definition) is 2. The topological polar surface area (TPSA) is 252 Å². The average Bonchev–Trinajstić information content (AvgIpc) is 3.43. The third-order valence-corrected chi connectivity index (χ3v) is 12.6. The number of benzene rings is 3. The fourth-order valence-electron chi connectivity index (χ4n) is 8.74.